The van der Waals surface area contributed by atoms with Gasteiger partial charge in [0.05, 0.1) is 26.5 Å². The van der Waals surface area contributed by atoms with E-state index in [-0.39, 0.29) is 17.6 Å². The molecule has 6 heteroatoms. The normalized spacial score (nSPS) is 11.6. The molecule has 21 heavy (non-hydrogen) atoms. The minimum absolute atomic E-state index is 0.195. The number of methoxy groups -OCH3 is 2. The van der Waals surface area contributed by atoms with Crippen LogP contribution < -0.4 is 14.8 Å². The van der Waals surface area contributed by atoms with Crippen molar-refractivity contribution in [3.63, 3.8) is 0 Å². The van der Waals surface area contributed by atoms with Gasteiger partial charge in [0.15, 0.2) is 11.5 Å². The third-order valence-corrected chi connectivity index (χ3v) is 3.05. The zero-order valence-corrected chi connectivity index (χ0v) is 12.2. The Morgan fingerprint density at radius 3 is 2.57 bits per heavy atom. The number of nitrogens with zero attached hydrogens (tertiary/aromatic N) is 2. The summed E-state index contributed by atoms with van der Waals surface area (Å²) in [5.41, 5.74) is 1.19. The van der Waals surface area contributed by atoms with Crippen molar-refractivity contribution in [2.75, 3.05) is 14.2 Å². The van der Waals surface area contributed by atoms with E-state index in [2.05, 4.69) is 15.3 Å². The maximum atomic E-state index is 12.0. The fourth-order valence-electron chi connectivity index (χ4n) is 1.89. The Bertz CT molecular complexity index is 617. The van der Waals surface area contributed by atoms with E-state index in [1.54, 1.807) is 20.3 Å². The molecule has 0 fully saturated rings. The molecule has 1 aromatic heterocycles. The maximum Gasteiger partial charge on any atom is 0.271 e. The first-order valence-corrected chi connectivity index (χ1v) is 6.44. The molecule has 1 atom stereocenters. The quantitative estimate of drug-likeness (QED) is 0.910. The predicted octanol–water partition coefficient (Wildman–Crippen LogP) is 1.98. The summed E-state index contributed by atoms with van der Waals surface area (Å²) in [5.74, 6) is 0.995. The fourth-order valence-corrected chi connectivity index (χ4v) is 1.89. The number of nitrogens with one attached hydrogen (secondary N) is 1. The standard InChI is InChI=1S/C15H17N3O3/c1-10(18-15(19)12-9-16-6-7-17-12)11-4-5-13(20-2)14(8-11)21-3/h4-10H,1-3H3,(H,18,19). The van der Waals surface area contributed by atoms with Crippen molar-refractivity contribution in [2.24, 2.45) is 0 Å². The van der Waals surface area contributed by atoms with Crippen molar-refractivity contribution in [3.8, 4) is 11.5 Å². The van der Waals surface area contributed by atoms with Crippen LogP contribution in [0.4, 0.5) is 0 Å². The Hall–Kier alpha value is -2.63. The van der Waals surface area contributed by atoms with E-state index in [1.165, 1.54) is 18.6 Å². The summed E-state index contributed by atoms with van der Waals surface area (Å²) >= 11 is 0. The van der Waals surface area contributed by atoms with Crippen LogP contribution in [0.1, 0.15) is 29.0 Å². The van der Waals surface area contributed by atoms with Gasteiger partial charge in [-0.2, -0.15) is 0 Å². The maximum absolute atomic E-state index is 12.0. The number of benzene rings is 1. The molecule has 1 aromatic carbocycles. The molecule has 1 N–H and O–H groups in total. The fraction of sp³-hybridized carbons (Fsp3) is 0.267. The summed E-state index contributed by atoms with van der Waals surface area (Å²) in [6, 6.07) is 5.32. The molecule has 0 spiro atoms. The summed E-state index contributed by atoms with van der Waals surface area (Å²) in [6.07, 6.45) is 4.43. The Kier molecular flexibility index (Phi) is 4.71. The van der Waals surface area contributed by atoms with Crippen LogP contribution in [0.25, 0.3) is 0 Å². The topological polar surface area (TPSA) is 73.3 Å². The second-order valence-corrected chi connectivity index (χ2v) is 4.40. The first kappa shape index (κ1) is 14.8. The molecule has 1 amide bonds. The molecule has 6 nitrogen and oxygen atoms in total. The summed E-state index contributed by atoms with van der Waals surface area (Å²) in [6.45, 7) is 1.88. The molecule has 0 bridgehead atoms. The monoisotopic (exact) mass is 287 g/mol. The molecule has 0 saturated heterocycles. The first-order chi connectivity index (χ1) is 10.2. The number of rotatable bonds is 5. The Morgan fingerprint density at radius 2 is 1.95 bits per heavy atom. The summed E-state index contributed by atoms with van der Waals surface area (Å²) < 4.78 is 10.4. The lowest BCUT2D eigenvalue weighted by Gasteiger charge is -2.16. The van der Waals surface area contributed by atoms with E-state index in [9.17, 15) is 4.79 Å². The van der Waals surface area contributed by atoms with Crippen LogP contribution in [0, 0.1) is 0 Å². The molecule has 0 aliphatic heterocycles. The first-order valence-electron chi connectivity index (χ1n) is 6.44. The van der Waals surface area contributed by atoms with E-state index in [0.717, 1.165) is 5.56 Å². The highest BCUT2D eigenvalue weighted by molar-refractivity contribution is 5.92. The van der Waals surface area contributed by atoms with Gasteiger partial charge < -0.3 is 14.8 Å². The second-order valence-electron chi connectivity index (χ2n) is 4.40. The van der Waals surface area contributed by atoms with E-state index in [0.29, 0.717) is 11.5 Å². The van der Waals surface area contributed by atoms with Crippen LogP contribution in [0.2, 0.25) is 0 Å². The zero-order chi connectivity index (χ0) is 15.2. The second kappa shape index (κ2) is 6.69. The SMILES string of the molecule is COc1ccc(C(C)NC(=O)c2cnccn2)cc1OC. The highest BCUT2D eigenvalue weighted by atomic mass is 16.5. The lowest BCUT2D eigenvalue weighted by atomic mass is 10.1. The average Bonchev–Trinajstić information content (AvgIpc) is 2.54. The highest BCUT2D eigenvalue weighted by Crippen LogP contribution is 2.29. The van der Waals surface area contributed by atoms with Gasteiger partial charge in [0, 0.05) is 12.4 Å². The van der Waals surface area contributed by atoms with Gasteiger partial charge in [0.2, 0.25) is 0 Å². The van der Waals surface area contributed by atoms with Crippen molar-refractivity contribution >= 4 is 5.91 Å². The molecule has 0 radical (unpaired) electrons. The largest absolute Gasteiger partial charge is 0.493 e. The van der Waals surface area contributed by atoms with Gasteiger partial charge in [-0.3, -0.25) is 9.78 Å². The summed E-state index contributed by atoms with van der Waals surface area (Å²) in [7, 11) is 3.15. The van der Waals surface area contributed by atoms with Gasteiger partial charge in [-0.05, 0) is 24.6 Å². The number of carbonyl (C=O) groups excluding carboxylic acids is 1. The van der Waals surface area contributed by atoms with E-state index in [4.69, 9.17) is 9.47 Å². The Labute approximate surface area is 123 Å². The van der Waals surface area contributed by atoms with Crippen molar-refractivity contribution < 1.29 is 14.3 Å². The number of amides is 1. The highest BCUT2D eigenvalue weighted by Gasteiger charge is 2.14. The number of carbonyl (C=O) groups is 1. The minimum atomic E-state index is -0.273. The van der Waals surface area contributed by atoms with Crippen molar-refractivity contribution in [1.82, 2.24) is 15.3 Å². The number of hydrogen-bond acceptors (Lipinski definition) is 5. The van der Waals surface area contributed by atoms with Gasteiger partial charge in [-0.25, -0.2) is 4.98 Å². The predicted molar refractivity (Wildman–Crippen MR) is 77.5 cm³/mol. The lowest BCUT2D eigenvalue weighted by molar-refractivity contribution is 0.0934. The smallest absolute Gasteiger partial charge is 0.271 e. The van der Waals surface area contributed by atoms with Gasteiger partial charge in [-0.1, -0.05) is 6.07 Å². The summed E-state index contributed by atoms with van der Waals surface area (Å²) in [4.78, 5) is 19.9. The van der Waals surface area contributed by atoms with Gasteiger partial charge in [0.25, 0.3) is 5.91 Å². The van der Waals surface area contributed by atoms with Crippen molar-refractivity contribution in [2.45, 2.75) is 13.0 Å². The molecule has 0 saturated carbocycles. The van der Waals surface area contributed by atoms with Crippen LogP contribution in [-0.2, 0) is 0 Å². The molecule has 1 heterocycles. The third-order valence-electron chi connectivity index (χ3n) is 3.05. The van der Waals surface area contributed by atoms with Crippen LogP contribution >= 0.6 is 0 Å². The molecular weight excluding hydrogens is 270 g/mol. The number of ether oxygens (including phenoxy) is 2. The molecule has 1 unspecified atom stereocenters. The Balaban J connectivity index is 2.13. The third kappa shape index (κ3) is 3.47. The average molecular weight is 287 g/mol. The molecule has 2 aromatic rings. The van der Waals surface area contributed by atoms with Gasteiger partial charge >= 0.3 is 0 Å². The number of hydrogen-bond donors (Lipinski definition) is 1. The zero-order valence-electron chi connectivity index (χ0n) is 12.2. The lowest BCUT2D eigenvalue weighted by Crippen LogP contribution is -2.27. The minimum Gasteiger partial charge on any atom is -0.493 e. The van der Waals surface area contributed by atoms with Crippen molar-refractivity contribution in [1.29, 1.82) is 0 Å². The van der Waals surface area contributed by atoms with Gasteiger partial charge in [-0.15, -0.1) is 0 Å². The molecule has 0 aliphatic rings. The number of aromatic nitrogens is 2. The van der Waals surface area contributed by atoms with Crippen molar-refractivity contribution in [3.05, 3.63) is 48.0 Å². The summed E-state index contributed by atoms with van der Waals surface area (Å²) in [5, 5.41) is 2.86. The van der Waals surface area contributed by atoms with E-state index in [1.807, 2.05) is 19.1 Å². The van der Waals surface area contributed by atoms with Crippen LogP contribution in [-0.4, -0.2) is 30.1 Å². The molecule has 2 rings (SSSR count). The van der Waals surface area contributed by atoms with Crippen LogP contribution in [0.3, 0.4) is 0 Å². The van der Waals surface area contributed by atoms with E-state index < -0.39 is 0 Å². The van der Waals surface area contributed by atoms with Crippen LogP contribution in [0.15, 0.2) is 36.8 Å². The molecule has 0 aliphatic carbocycles. The Morgan fingerprint density at radius 1 is 1.19 bits per heavy atom. The molecular formula is C15H17N3O3. The van der Waals surface area contributed by atoms with Gasteiger partial charge in [0.1, 0.15) is 5.69 Å². The molecule has 110 valence electrons. The van der Waals surface area contributed by atoms with E-state index >= 15 is 0 Å². The van der Waals surface area contributed by atoms with Crippen LogP contribution in [0.5, 0.6) is 11.5 Å².